The fourth-order valence-corrected chi connectivity index (χ4v) is 3.29. The van der Waals surface area contributed by atoms with E-state index in [2.05, 4.69) is 25.9 Å². The second kappa shape index (κ2) is 15.2. The molecule has 0 aliphatic carbocycles. The van der Waals surface area contributed by atoms with E-state index in [4.69, 9.17) is 16.6 Å². The molecule has 0 radical (unpaired) electrons. The molecule has 0 aromatic carbocycles. The highest BCUT2D eigenvalue weighted by molar-refractivity contribution is 7.98. The van der Waals surface area contributed by atoms with E-state index in [1.807, 2.05) is 6.26 Å². The molecule has 1 heterocycles. The average molecular weight is 472 g/mol. The van der Waals surface area contributed by atoms with Crippen molar-refractivity contribution in [1.29, 1.82) is 0 Å². The highest BCUT2D eigenvalue weighted by Crippen LogP contribution is 2.06. The third-order valence-electron chi connectivity index (χ3n) is 4.58. The van der Waals surface area contributed by atoms with Crippen molar-refractivity contribution in [1.82, 2.24) is 25.9 Å². The number of imidazole rings is 1. The summed E-state index contributed by atoms with van der Waals surface area (Å²) in [6.45, 7) is -0.148. The molecule has 9 N–H and O–H groups in total. The van der Waals surface area contributed by atoms with Crippen molar-refractivity contribution in [3.8, 4) is 0 Å². The Morgan fingerprint density at radius 3 is 2.44 bits per heavy atom. The van der Waals surface area contributed by atoms with Crippen molar-refractivity contribution < 1.29 is 24.3 Å². The van der Waals surface area contributed by atoms with Crippen LogP contribution in [0.5, 0.6) is 0 Å². The van der Waals surface area contributed by atoms with Crippen LogP contribution in [0.2, 0.25) is 0 Å². The summed E-state index contributed by atoms with van der Waals surface area (Å²) in [5.41, 5.74) is 12.0. The van der Waals surface area contributed by atoms with Gasteiger partial charge in [-0.3, -0.25) is 19.2 Å². The monoisotopic (exact) mass is 471 g/mol. The Morgan fingerprint density at radius 2 is 1.84 bits per heavy atom. The number of rotatable bonds is 16. The number of aromatic amines is 1. The molecule has 1 aromatic heterocycles. The van der Waals surface area contributed by atoms with E-state index in [9.17, 15) is 19.2 Å². The van der Waals surface area contributed by atoms with Crippen LogP contribution in [0.1, 0.15) is 31.4 Å². The first-order chi connectivity index (χ1) is 15.3. The molecule has 32 heavy (non-hydrogen) atoms. The Hall–Kier alpha value is -2.64. The number of nitrogens with one attached hydrogen (secondary N) is 4. The summed E-state index contributed by atoms with van der Waals surface area (Å²) in [5, 5.41) is 16.4. The third kappa shape index (κ3) is 10.6. The third-order valence-corrected chi connectivity index (χ3v) is 5.22. The van der Waals surface area contributed by atoms with Gasteiger partial charge in [0.05, 0.1) is 12.4 Å². The zero-order chi connectivity index (χ0) is 23.9. The van der Waals surface area contributed by atoms with Gasteiger partial charge in [-0.2, -0.15) is 11.8 Å². The number of hydrogen-bond donors (Lipinski definition) is 7. The highest BCUT2D eigenvalue weighted by atomic mass is 32.2. The Balaban J connectivity index is 2.89. The summed E-state index contributed by atoms with van der Waals surface area (Å²) < 4.78 is 0. The van der Waals surface area contributed by atoms with Crippen molar-refractivity contribution in [2.75, 3.05) is 25.1 Å². The zero-order valence-electron chi connectivity index (χ0n) is 18.1. The van der Waals surface area contributed by atoms with Gasteiger partial charge in [-0.05, 0) is 44.2 Å². The lowest BCUT2D eigenvalue weighted by Crippen LogP contribution is -2.56. The normalized spacial score (nSPS) is 13.6. The number of aliphatic carboxylic acids is 1. The van der Waals surface area contributed by atoms with Crippen molar-refractivity contribution in [3.63, 3.8) is 0 Å². The molecule has 0 saturated heterocycles. The number of carbonyl (C=O) groups excluding carboxylic acids is 3. The van der Waals surface area contributed by atoms with Crippen LogP contribution in [0.15, 0.2) is 12.5 Å². The minimum atomic E-state index is -1.21. The molecule has 1 rings (SSSR count). The van der Waals surface area contributed by atoms with Crippen molar-refractivity contribution in [2.45, 2.75) is 50.2 Å². The molecule has 1 aromatic rings. The zero-order valence-corrected chi connectivity index (χ0v) is 19.0. The van der Waals surface area contributed by atoms with E-state index < -0.39 is 48.4 Å². The number of unbranched alkanes of at least 4 members (excludes halogenated alkanes) is 1. The first-order valence-electron chi connectivity index (χ1n) is 10.3. The summed E-state index contributed by atoms with van der Waals surface area (Å²) in [7, 11) is 0. The lowest BCUT2D eigenvalue weighted by atomic mass is 10.1. The number of carbonyl (C=O) groups is 4. The summed E-state index contributed by atoms with van der Waals surface area (Å²) in [6.07, 6.45) is 6.92. The number of amides is 3. The molecule has 0 fully saturated rings. The van der Waals surface area contributed by atoms with Crippen LogP contribution < -0.4 is 27.4 Å². The van der Waals surface area contributed by atoms with Crippen LogP contribution >= 0.6 is 11.8 Å². The first kappa shape index (κ1) is 27.4. The van der Waals surface area contributed by atoms with E-state index in [1.165, 1.54) is 12.5 Å². The Bertz CT molecular complexity index is 732. The number of hydrogen-bond acceptors (Lipinski definition) is 8. The van der Waals surface area contributed by atoms with Crippen LogP contribution in [0, 0.1) is 0 Å². The topological polar surface area (TPSA) is 205 Å². The number of nitrogens with two attached hydrogens (primary N) is 2. The minimum Gasteiger partial charge on any atom is -0.480 e. The van der Waals surface area contributed by atoms with Crippen molar-refractivity contribution in [3.05, 3.63) is 18.2 Å². The van der Waals surface area contributed by atoms with E-state index >= 15 is 0 Å². The SMILES string of the molecule is CSCCC(N)C(=O)NC(CCCCN)C(=O)NC(Cc1cnc[nH]1)C(=O)NCC(=O)O. The van der Waals surface area contributed by atoms with Gasteiger partial charge in [0.15, 0.2) is 0 Å². The Morgan fingerprint density at radius 1 is 1.12 bits per heavy atom. The van der Waals surface area contributed by atoms with Gasteiger partial charge in [0, 0.05) is 18.3 Å². The standard InChI is InChI=1S/C19H33N7O5S/c1-32-7-5-13(21)17(29)25-14(4-2-3-6-20)19(31)26-15(8-12-9-22-11-24-12)18(30)23-10-16(27)28/h9,11,13-15H,2-8,10,20-21H2,1H3,(H,22,24)(H,23,30)(H,25,29)(H,26,31)(H,27,28). The maximum atomic E-state index is 13.0. The number of aromatic nitrogens is 2. The molecule has 12 nitrogen and oxygen atoms in total. The lowest BCUT2D eigenvalue weighted by molar-refractivity contribution is -0.138. The number of carboxylic acid groups (broad SMARTS) is 1. The van der Waals surface area contributed by atoms with Gasteiger partial charge in [-0.15, -0.1) is 0 Å². The van der Waals surface area contributed by atoms with Gasteiger partial charge < -0.3 is 37.5 Å². The lowest BCUT2D eigenvalue weighted by Gasteiger charge is -2.24. The quantitative estimate of drug-likeness (QED) is 0.137. The molecule has 0 bridgehead atoms. The molecule has 180 valence electrons. The summed E-state index contributed by atoms with van der Waals surface area (Å²) >= 11 is 1.56. The molecule has 0 aliphatic heterocycles. The van der Waals surface area contributed by atoms with Crippen LogP contribution in [-0.2, 0) is 25.6 Å². The molecule has 3 unspecified atom stereocenters. The predicted octanol–water partition coefficient (Wildman–Crippen LogP) is -1.67. The molecular formula is C19H33N7O5S. The summed E-state index contributed by atoms with van der Waals surface area (Å²) in [4.78, 5) is 55.4. The predicted molar refractivity (Wildman–Crippen MR) is 121 cm³/mol. The fourth-order valence-electron chi connectivity index (χ4n) is 2.80. The molecule has 3 atom stereocenters. The van der Waals surface area contributed by atoms with Crippen molar-refractivity contribution in [2.24, 2.45) is 11.5 Å². The second-order valence-electron chi connectivity index (χ2n) is 7.19. The van der Waals surface area contributed by atoms with Gasteiger partial charge in [-0.25, -0.2) is 4.98 Å². The largest absolute Gasteiger partial charge is 0.480 e. The van der Waals surface area contributed by atoms with Crippen LogP contribution in [0.25, 0.3) is 0 Å². The molecular weight excluding hydrogens is 438 g/mol. The minimum absolute atomic E-state index is 0.0634. The molecule has 3 amide bonds. The van der Waals surface area contributed by atoms with Crippen LogP contribution in [-0.4, -0.2) is 82.0 Å². The average Bonchev–Trinajstić information content (AvgIpc) is 3.27. The Labute approximate surface area is 191 Å². The molecule has 13 heteroatoms. The maximum Gasteiger partial charge on any atom is 0.322 e. The highest BCUT2D eigenvalue weighted by Gasteiger charge is 2.28. The molecule has 0 aliphatic rings. The van der Waals surface area contributed by atoms with E-state index in [-0.39, 0.29) is 6.42 Å². The molecule has 0 saturated carbocycles. The van der Waals surface area contributed by atoms with E-state index in [0.29, 0.717) is 43.7 Å². The van der Waals surface area contributed by atoms with Gasteiger partial charge in [0.1, 0.15) is 18.6 Å². The van der Waals surface area contributed by atoms with Gasteiger partial charge >= 0.3 is 5.97 Å². The first-order valence-corrected chi connectivity index (χ1v) is 11.7. The van der Waals surface area contributed by atoms with Gasteiger partial charge in [0.25, 0.3) is 0 Å². The second-order valence-corrected chi connectivity index (χ2v) is 8.17. The van der Waals surface area contributed by atoms with E-state index in [0.717, 1.165) is 0 Å². The fraction of sp³-hybridized carbons (Fsp3) is 0.632. The van der Waals surface area contributed by atoms with Gasteiger partial charge in [0.2, 0.25) is 17.7 Å². The smallest absolute Gasteiger partial charge is 0.322 e. The maximum absolute atomic E-state index is 13.0. The van der Waals surface area contributed by atoms with Crippen LogP contribution in [0.3, 0.4) is 0 Å². The number of carboxylic acids is 1. The number of thioether (sulfide) groups is 1. The summed E-state index contributed by atoms with van der Waals surface area (Å²) in [5.74, 6) is -2.20. The molecule has 0 spiro atoms. The van der Waals surface area contributed by atoms with Gasteiger partial charge in [-0.1, -0.05) is 0 Å². The Kier molecular flexibility index (Phi) is 13.0. The number of H-pyrrole nitrogens is 1. The number of nitrogens with zero attached hydrogens (tertiary/aromatic N) is 1. The van der Waals surface area contributed by atoms with E-state index in [1.54, 1.807) is 11.8 Å². The van der Waals surface area contributed by atoms with Crippen molar-refractivity contribution >= 4 is 35.5 Å². The van der Waals surface area contributed by atoms with Crippen LogP contribution in [0.4, 0.5) is 0 Å². The summed E-state index contributed by atoms with van der Waals surface area (Å²) in [6, 6.07) is -2.74.